The van der Waals surface area contributed by atoms with Crippen LogP contribution in [0.15, 0.2) is 24.3 Å². The van der Waals surface area contributed by atoms with Gasteiger partial charge in [0.2, 0.25) is 0 Å². The van der Waals surface area contributed by atoms with Crippen molar-refractivity contribution in [3.05, 3.63) is 29.8 Å². The van der Waals surface area contributed by atoms with Crippen molar-refractivity contribution < 1.29 is 14.3 Å². The summed E-state index contributed by atoms with van der Waals surface area (Å²) in [4.78, 5) is 10.8. The Kier molecular flexibility index (Phi) is 2.76. The van der Waals surface area contributed by atoms with Gasteiger partial charge >= 0.3 is 6.09 Å². The summed E-state index contributed by atoms with van der Waals surface area (Å²) >= 11 is 0. The third-order valence-electron chi connectivity index (χ3n) is 2.38. The Hall–Kier alpha value is -1.71. The van der Waals surface area contributed by atoms with Crippen LogP contribution in [0.3, 0.4) is 0 Å². The number of cyclic esters (lactones) is 1. The largest absolute Gasteiger partial charge is 0.497 e. The minimum atomic E-state index is -0.325. The minimum Gasteiger partial charge on any atom is -0.497 e. The van der Waals surface area contributed by atoms with Crippen LogP contribution in [0.2, 0.25) is 0 Å². The molecule has 1 saturated heterocycles. The summed E-state index contributed by atoms with van der Waals surface area (Å²) in [6.07, 6.45) is 0.462. The van der Waals surface area contributed by atoms with Crippen molar-refractivity contribution in [1.82, 2.24) is 5.32 Å². The summed E-state index contributed by atoms with van der Waals surface area (Å²) in [6, 6.07) is 7.89. The second-order valence-corrected chi connectivity index (χ2v) is 3.49. The van der Waals surface area contributed by atoms with Crippen molar-refractivity contribution in [3.63, 3.8) is 0 Å². The van der Waals surface area contributed by atoms with Crippen molar-refractivity contribution in [2.24, 2.45) is 0 Å². The molecule has 0 saturated carbocycles. The molecule has 0 spiro atoms. The number of nitrogens with one attached hydrogen (secondary N) is 1. The number of carbonyl (C=O) groups excluding carboxylic acids is 1. The molecule has 1 N–H and O–H groups in total. The molecule has 0 aliphatic carbocycles. The van der Waals surface area contributed by atoms with Crippen molar-refractivity contribution >= 4 is 6.09 Å². The van der Waals surface area contributed by atoms with Gasteiger partial charge in [0.25, 0.3) is 0 Å². The fraction of sp³-hybridized carbons (Fsp3) is 0.364. The molecule has 1 aromatic rings. The van der Waals surface area contributed by atoms with Gasteiger partial charge in [0.05, 0.1) is 13.2 Å². The average Bonchev–Trinajstić information content (AvgIpc) is 2.65. The van der Waals surface area contributed by atoms with E-state index in [1.165, 1.54) is 0 Å². The first-order chi connectivity index (χ1) is 7.28. The van der Waals surface area contributed by atoms with Crippen LogP contribution in [-0.4, -0.2) is 25.9 Å². The van der Waals surface area contributed by atoms with E-state index in [-0.39, 0.29) is 12.1 Å². The van der Waals surface area contributed by atoms with Crippen LogP contribution >= 0.6 is 0 Å². The monoisotopic (exact) mass is 207 g/mol. The molecular formula is C11H13NO3. The van der Waals surface area contributed by atoms with Crippen LogP contribution in [0.4, 0.5) is 4.79 Å². The fourth-order valence-electron chi connectivity index (χ4n) is 1.58. The molecule has 0 radical (unpaired) electrons. The zero-order valence-corrected chi connectivity index (χ0v) is 8.53. The number of hydrogen-bond donors (Lipinski definition) is 1. The Bertz CT molecular complexity index is 347. The molecule has 15 heavy (non-hydrogen) atoms. The lowest BCUT2D eigenvalue weighted by molar-refractivity contribution is 0.177. The highest BCUT2D eigenvalue weighted by molar-refractivity contribution is 5.69. The van der Waals surface area contributed by atoms with E-state index in [0.29, 0.717) is 6.61 Å². The lowest BCUT2D eigenvalue weighted by atomic mass is 10.1. The fourth-order valence-corrected chi connectivity index (χ4v) is 1.58. The second-order valence-electron chi connectivity index (χ2n) is 3.49. The van der Waals surface area contributed by atoms with E-state index in [1.807, 2.05) is 24.3 Å². The predicted octanol–water partition coefficient (Wildman–Crippen LogP) is 1.35. The second kappa shape index (κ2) is 4.21. The molecule has 1 heterocycles. The summed E-state index contributed by atoms with van der Waals surface area (Å²) < 4.78 is 9.87. The maximum atomic E-state index is 10.8. The first-order valence-electron chi connectivity index (χ1n) is 4.84. The van der Waals surface area contributed by atoms with Gasteiger partial charge in [-0.3, -0.25) is 0 Å². The molecule has 1 atom stereocenters. The van der Waals surface area contributed by atoms with E-state index in [1.54, 1.807) is 7.11 Å². The van der Waals surface area contributed by atoms with Crippen LogP contribution in [0.5, 0.6) is 5.75 Å². The Morgan fingerprint density at radius 3 is 2.73 bits per heavy atom. The van der Waals surface area contributed by atoms with Crippen LogP contribution < -0.4 is 10.1 Å². The van der Waals surface area contributed by atoms with Crippen molar-refractivity contribution in [1.29, 1.82) is 0 Å². The third kappa shape index (κ3) is 2.40. The summed E-state index contributed by atoms with van der Waals surface area (Å²) in [7, 11) is 1.64. The molecule has 2 rings (SSSR count). The third-order valence-corrected chi connectivity index (χ3v) is 2.38. The molecule has 1 aliphatic heterocycles. The first kappa shape index (κ1) is 9.83. The highest BCUT2D eigenvalue weighted by atomic mass is 16.6. The Labute approximate surface area is 88.2 Å². The summed E-state index contributed by atoms with van der Waals surface area (Å²) in [6.45, 7) is 0.449. The number of alkyl carbamates (subject to hydrolysis) is 1. The quantitative estimate of drug-likeness (QED) is 0.813. The molecule has 0 bridgehead atoms. The molecule has 0 aromatic heterocycles. The molecule has 1 aromatic carbocycles. The van der Waals surface area contributed by atoms with Crippen LogP contribution in [0, 0.1) is 0 Å². The molecule has 1 fully saturated rings. The Morgan fingerprint density at radius 1 is 1.47 bits per heavy atom. The van der Waals surface area contributed by atoms with E-state index in [4.69, 9.17) is 9.47 Å². The SMILES string of the molecule is COc1ccc(CC2COC(=O)N2)cc1. The highest BCUT2D eigenvalue weighted by Gasteiger charge is 2.21. The number of benzene rings is 1. The number of methoxy groups -OCH3 is 1. The van der Waals surface area contributed by atoms with E-state index in [9.17, 15) is 4.79 Å². The number of amides is 1. The van der Waals surface area contributed by atoms with Gasteiger partial charge < -0.3 is 14.8 Å². The maximum Gasteiger partial charge on any atom is 0.407 e. The molecule has 4 nitrogen and oxygen atoms in total. The van der Waals surface area contributed by atoms with Gasteiger partial charge in [-0.05, 0) is 24.1 Å². The van der Waals surface area contributed by atoms with E-state index < -0.39 is 0 Å². The van der Waals surface area contributed by atoms with Gasteiger partial charge in [-0.25, -0.2) is 4.79 Å². The summed E-state index contributed by atoms with van der Waals surface area (Å²) in [5.74, 6) is 0.838. The van der Waals surface area contributed by atoms with Gasteiger partial charge in [-0.15, -0.1) is 0 Å². The Morgan fingerprint density at radius 2 is 2.20 bits per heavy atom. The number of hydrogen-bond acceptors (Lipinski definition) is 3. The standard InChI is InChI=1S/C11H13NO3/c1-14-10-4-2-8(3-5-10)6-9-7-15-11(13)12-9/h2-5,9H,6-7H2,1H3,(H,12,13). The average molecular weight is 207 g/mol. The number of carbonyl (C=O) groups is 1. The minimum absolute atomic E-state index is 0.0888. The highest BCUT2D eigenvalue weighted by Crippen LogP contribution is 2.13. The zero-order valence-electron chi connectivity index (χ0n) is 8.53. The zero-order chi connectivity index (χ0) is 10.7. The van der Waals surface area contributed by atoms with Crippen molar-refractivity contribution in [3.8, 4) is 5.75 Å². The van der Waals surface area contributed by atoms with Crippen molar-refractivity contribution in [2.75, 3.05) is 13.7 Å². The number of ether oxygens (including phenoxy) is 2. The summed E-state index contributed by atoms with van der Waals surface area (Å²) in [5, 5.41) is 2.74. The van der Waals surface area contributed by atoms with E-state index >= 15 is 0 Å². The molecular weight excluding hydrogens is 194 g/mol. The smallest absolute Gasteiger partial charge is 0.407 e. The summed E-state index contributed by atoms with van der Waals surface area (Å²) in [5.41, 5.74) is 1.16. The number of rotatable bonds is 3. The normalized spacial score (nSPS) is 19.5. The molecule has 1 unspecified atom stereocenters. The molecule has 1 amide bonds. The van der Waals surface area contributed by atoms with Gasteiger partial charge in [0, 0.05) is 0 Å². The molecule has 4 heteroatoms. The van der Waals surface area contributed by atoms with Gasteiger partial charge in [-0.2, -0.15) is 0 Å². The first-order valence-corrected chi connectivity index (χ1v) is 4.84. The van der Waals surface area contributed by atoms with Gasteiger partial charge in [-0.1, -0.05) is 12.1 Å². The maximum absolute atomic E-state index is 10.8. The van der Waals surface area contributed by atoms with Crippen molar-refractivity contribution in [2.45, 2.75) is 12.5 Å². The van der Waals surface area contributed by atoms with Crippen LogP contribution in [0.25, 0.3) is 0 Å². The van der Waals surface area contributed by atoms with E-state index in [2.05, 4.69) is 5.32 Å². The molecule has 80 valence electrons. The van der Waals surface area contributed by atoms with Gasteiger partial charge in [0.1, 0.15) is 12.4 Å². The lowest BCUT2D eigenvalue weighted by Gasteiger charge is -2.07. The lowest BCUT2D eigenvalue weighted by Crippen LogP contribution is -2.28. The molecule has 1 aliphatic rings. The van der Waals surface area contributed by atoms with Crippen LogP contribution in [0.1, 0.15) is 5.56 Å². The topological polar surface area (TPSA) is 47.6 Å². The van der Waals surface area contributed by atoms with E-state index in [0.717, 1.165) is 17.7 Å². The van der Waals surface area contributed by atoms with Gasteiger partial charge in [0.15, 0.2) is 0 Å². The predicted molar refractivity (Wildman–Crippen MR) is 55.0 cm³/mol. The van der Waals surface area contributed by atoms with Crippen LogP contribution in [-0.2, 0) is 11.2 Å². The Balaban J connectivity index is 1.96.